The fourth-order valence-electron chi connectivity index (χ4n) is 2.36. The van der Waals surface area contributed by atoms with Crippen LogP contribution in [0.3, 0.4) is 0 Å². The number of para-hydroxylation sites is 2. The van der Waals surface area contributed by atoms with Crippen LogP contribution >= 0.6 is 0 Å². The van der Waals surface area contributed by atoms with Crippen LogP contribution in [-0.4, -0.2) is 23.5 Å². The second-order valence-electron chi connectivity index (χ2n) is 4.62. The van der Waals surface area contributed by atoms with E-state index in [4.69, 9.17) is 0 Å². The molecule has 0 spiro atoms. The third-order valence-electron chi connectivity index (χ3n) is 3.25. The third-order valence-corrected chi connectivity index (χ3v) is 3.25. The Balaban J connectivity index is 2.17. The van der Waals surface area contributed by atoms with Gasteiger partial charge in [0.2, 0.25) is 5.91 Å². The number of amides is 1. The molecule has 0 radical (unpaired) electrons. The standard InChI is InChI=1S/C15H11FN2O3/c16-9-5-6-12(10(7-9)15(20)21)18-8-14(19)17-11-3-1-2-4-13(11)18/h1-7H,8H2,(H,17,19)(H,20,21). The van der Waals surface area contributed by atoms with Crippen molar-refractivity contribution in [3.63, 3.8) is 0 Å². The lowest BCUT2D eigenvalue weighted by Gasteiger charge is -2.31. The highest BCUT2D eigenvalue weighted by atomic mass is 19.1. The van der Waals surface area contributed by atoms with Crippen molar-refractivity contribution in [2.45, 2.75) is 0 Å². The van der Waals surface area contributed by atoms with Crippen molar-refractivity contribution in [3.05, 3.63) is 53.8 Å². The van der Waals surface area contributed by atoms with Crippen LogP contribution in [0.5, 0.6) is 0 Å². The highest BCUT2D eigenvalue weighted by Crippen LogP contribution is 2.36. The fraction of sp³-hybridized carbons (Fsp3) is 0.0667. The molecule has 2 aromatic carbocycles. The molecule has 5 nitrogen and oxygen atoms in total. The molecule has 0 fully saturated rings. The number of nitrogens with zero attached hydrogens (tertiary/aromatic N) is 1. The van der Waals surface area contributed by atoms with Crippen LogP contribution in [0, 0.1) is 5.82 Å². The Morgan fingerprint density at radius 3 is 2.71 bits per heavy atom. The summed E-state index contributed by atoms with van der Waals surface area (Å²) >= 11 is 0. The third kappa shape index (κ3) is 2.31. The predicted molar refractivity (Wildman–Crippen MR) is 75.4 cm³/mol. The number of nitrogens with one attached hydrogen (secondary N) is 1. The molecule has 0 aliphatic carbocycles. The summed E-state index contributed by atoms with van der Waals surface area (Å²) in [6.45, 7) is -0.0249. The fourth-order valence-corrected chi connectivity index (χ4v) is 2.36. The number of carboxylic acid groups (broad SMARTS) is 1. The predicted octanol–water partition coefficient (Wildman–Crippen LogP) is 2.61. The summed E-state index contributed by atoms with van der Waals surface area (Å²) in [5.41, 5.74) is 1.37. The molecule has 0 saturated heterocycles. The number of anilines is 3. The van der Waals surface area contributed by atoms with E-state index in [1.54, 1.807) is 29.2 Å². The molecule has 0 atom stereocenters. The first-order chi connectivity index (χ1) is 10.1. The molecule has 3 rings (SSSR count). The second-order valence-corrected chi connectivity index (χ2v) is 4.62. The molecule has 6 heteroatoms. The van der Waals surface area contributed by atoms with Crippen molar-refractivity contribution < 1.29 is 19.1 Å². The lowest BCUT2D eigenvalue weighted by atomic mass is 10.1. The van der Waals surface area contributed by atoms with Crippen LogP contribution in [0.15, 0.2) is 42.5 Å². The van der Waals surface area contributed by atoms with Crippen LogP contribution in [0.2, 0.25) is 0 Å². The van der Waals surface area contributed by atoms with E-state index in [1.165, 1.54) is 12.1 Å². The average Bonchev–Trinajstić information content (AvgIpc) is 2.46. The largest absolute Gasteiger partial charge is 0.478 e. The molecule has 1 amide bonds. The molecule has 0 saturated carbocycles. The molecular formula is C15H11FN2O3. The van der Waals surface area contributed by atoms with Gasteiger partial charge in [0.25, 0.3) is 0 Å². The number of halogens is 1. The number of hydrogen-bond donors (Lipinski definition) is 2. The van der Waals surface area contributed by atoms with E-state index in [1.807, 2.05) is 0 Å². The SMILES string of the molecule is O=C1CN(c2ccc(F)cc2C(=O)O)c2ccccc2N1. The Labute approximate surface area is 119 Å². The minimum Gasteiger partial charge on any atom is -0.478 e. The van der Waals surface area contributed by atoms with Gasteiger partial charge in [-0.25, -0.2) is 9.18 Å². The van der Waals surface area contributed by atoms with E-state index < -0.39 is 11.8 Å². The van der Waals surface area contributed by atoms with E-state index in [0.29, 0.717) is 11.4 Å². The summed E-state index contributed by atoms with van der Waals surface area (Å²) in [6.07, 6.45) is 0. The minimum atomic E-state index is -1.24. The van der Waals surface area contributed by atoms with Crippen LogP contribution in [0.25, 0.3) is 0 Å². The molecule has 1 aliphatic rings. The summed E-state index contributed by atoms with van der Waals surface area (Å²) in [5, 5.41) is 12.0. The van der Waals surface area contributed by atoms with E-state index in [0.717, 1.165) is 6.07 Å². The Morgan fingerprint density at radius 2 is 1.95 bits per heavy atom. The smallest absolute Gasteiger partial charge is 0.337 e. The monoisotopic (exact) mass is 286 g/mol. The van der Waals surface area contributed by atoms with Crippen LogP contribution in [0.4, 0.5) is 21.5 Å². The number of carboxylic acids is 1. The number of benzene rings is 2. The molecule has 0 aromatic heterocycles. The number of fused-ring (bicyclic) bond motifs is 1. The van der Waals surface area contributed by atoms with E-state index in [9.17, 15) is 19.1 Å². The summed E-state index contributed by atoms with van der Waals surface area (Å²) in [6, 6.07) is 10.5. The first-order valence-electron chi connectivity index (χ1n) is 6.25. The second kappa shape index (κ2) is 4.90. The highest BCUT2D eigenvalue weighted by molar-refractivity contribution is 6.05. The molecule has 0 unspecified atom stereocenters. The van der Waals surface area contributed by atoms with Crippen molar-refractivity contribution in [2.24, 2.45) is 0 Å². The highest BCUT2D eigenvalue weighted by Gasteiger charge is 2.26. The Bertz CT molecular complexity index is 745. The number of hydrogen-bond acceptors (Lipinski definition) is 3. The van der Waals surface area contributed by atoms with E-state index >= 15 is 0 Å². The zero-order valence-corrected chi connectivity index (χ0v) is 10.8. The van der Waals surface area contributed by atoms with Gasteiger partial charge in [0, 0.05) is 0 Å². The minimum absolute atomic E-state index is 0.0249. The number of carbonyl (C=O) groups excluding carboxylic acids is 1. The lowest BCUT2D eigenvalue weighted by molar-refractivity contribution is -0.115. The van der Waals surface area contributed by atoms with E-state index in [-0.39, 0.29) is 23.7 Å². The average molecular weight is 286 g/mol. The Hall–Kier alpha value is -2.89. The number of aromatic carboxylic acids is 1. The number of carbonyl (C=O) groups is 2. The zero-order chi connectivity index (χ0) is 15.0. The van der Waals surface area contributed by atoms with Gasteiger partial charge in [0.1, 0.15) is 12.4 Å². The summed E-state index contributed by atoms with van der Waals surface area (Å²) in [5.74, 6) is -2.13. The maximum absolute atomic E-state index is 13.3. The summed E-state index contributed by atoms with van der Waals surface area (Å²) in [4.78, 5) is 24.7. The first kappa shape index (κ1) is 13.1. The van der Waals surface area contributed by atoms with E-state index in [2.05, 4.69) is 5.32 Å². The van der Waals surface area contributed by atoms with Crippen molar-refractivity contribution >= 4 is 28.9 Å². The van der Waals surface area contributed by atoms with Gasteiger partial charge in [-0.15, -0.1) is 0 Å². The van der Waals surface area contributed by atoms with Crippen LogP contribution in [-0.2, 0) is 4.79 Å². The first-order valence-corrected chi connectivity index (χ1v) is 6.25. The van der Waals surface area contributed by atoms with Gasteiger partial charge < -0.3 is 15.3 Å². The quantitative estimate of drug-likeness (QED) is 0.890. The molecule has 2 aromatic rings. The molecule has 2 N–H and O–H groups in total. The summed E-state index contributed by atoms with van der Waals surface area (Å²) < 4.78 is 13.3. The van der Waals surface area contributed by atoms with Crippen molar-refractivity contribution in [2.75, 3.05) is 16.8 Å². The van der Waals surface area contributed by atoms with Gasteiger partial charge in [-0.05, 0) is 30.3 Å². The van der Waals surface area contributed by atoms with Gasteiger partial charge in [0.05, 0.1) is 22.6 Å². The van der Waals surface area contributed by atoms with Gasteiger partial charge in [0.15, 0.2) is 0 Å². The molecule has 106 valence electrons. The molecule has 21 heavy (non-hydrogen) atoms. The van der Waals surface area contributed by atoms with Crippen LogP contribution < -0.4 is 10.2 Å². The molecular weight excluding hydrogens is 275 g/mol. The maximum atomic E-state index is 13.3. The van der Waals surface area contributed by atoms with Gasteiger partial charge >= 0.3 is 5.97 Å². The van der Waals surface area contributed by atoms with Crippen molar-refractivity contribution in [3.8, 4) is 0 Å². The summed E-state index contributed by atoms with van der Waals surface area (Å²) in [7, 11) is 0. The maximum Gasteiger partial charge on any atom is 0.337 e. The normalized spacial score (nSPS) is 13.6. The lowest BCUT2D eigenvalue weighted by Crippen LogP contribution is -2.35. The van der Waals surface area contributed by atoms with Crippen molar-refractivity contribution in [1.29, 1.82) is 0 Å². The Kier molecular flexibility index (Phi) is 3.06. The Morgan fingerprint density at radius 1 is 1.19 bits per heavy atom. The van der Waals surface area contributed by atoms with Crippen molar-refractivity contribution in [1.82, 2.24) is 0 Å². The molecule has 1 aliphatic heterocycles. The van der Waals surface area contributed by atoms with Gasteiger partial charge in [-0.3, -0.25) is 4.79 Å². The molecule has 0 bridgehead atoms. The van der Waals surface area contributed by atoms with Gasteiger partial charge in [-0.1, -0.05) is 12.1 Å². The number of rotatable bonds is 2. The van der Waals surface area contributed by atoms with Gasteiger partial charge in [-0.2, -0.15) is 0 Å². The topological polar surface area (TPSA) is 69.6 Å². The zero-order valence-electron chi connectivity index (χ0n) is 10.8. The molecule has 1 heterocycles. The van der Waals surface area contributed by atoms with Crippen LogP contribution in [0.1, 0.15) is 10.4 Å².